The van der Waals surface area contributed by atoms with Crippen LogP contribution in [-0.4, -0.2) is 30.9 Å². The monoisotopic (exact) mass is 289 g/mol. The highest BCUT2D eigenvalue weighted by molar-refractivity contribution is 7.90. The van der Waals surface area contributed by atoms with E-state index in [9.17, 15) is 23.3 Å². The van der Waals surface area contributed by atoms with Gasteiger partial charge < -0.3 is 9.84 Å². The second-order valence-corrected chi connectivity index (χ2v) is 6.19. The van der Waals surface area contributed by atoms with Gasteiger partial charge in [-0.1, -0.05) is 0 Å². The molecule has 0 aromatic heterocycles. The van der Waals surface area contributed by atoms with Crippen molar-refractivity contribution in [3.8, 4) is 5.75 Å². The number of carbonyl (C=O) groups is 1. The Hall–Kier alpha value is -2.16. The molecule has 0 bridgehead atoms. The zero-order valence-electron chi connectivity index (χ0n) is 10.1. The molecule has 0 aliphatic heterocycles. The first kappa shape index (κ1) is 14.9. The molecule has 0 aliphatic carbocycles. The van der Waals surface area contributed by atoms with Crippen molar-refractivity contribution in [2.75, 3.05) is 6.26 Å². The van der Waals surface area contributed by atoms with Gasteiger partial charge in [0.15, 0.2) is 9.84 Å². The molecule has 1 aromatic carbocycles. The van der Waals surface area contributed by atoms with Crippen LogP contribution in [0.2, 0.25) is 0 Å². The van der Waals surface area contributed by atoms with Gasteiger partial charge in [0.05, 0.1) is 10.2 Å². The van der Waals surface area contributed by atoms with Crippen LogP contribution in [0.5, 0.6) is 5.75 Å². The Morgan fingerprint density at radius 1 is 1.47 bits per heavy atom. The lowest BCUT2D eigenvalue weighted by Crippen LogP contribution is -2.12. The van der Waals surface area contributed by atoms with E-state index in [1.807, 2.05) is 0 Å². The molecule has 8 nitrogen and oxygen atoms in total. The molecule has 0 amide bonds. The van der Waals surface area contributed by atoms with Gasteiger partial charge >= 0.3 is 6.16 Å². The molecule has 19 heavy (non-hydrogen) atoms. The largest absolute Gasteiger partial charge is 0.511 e. The number of nitrogens with zero attached hydrogens (tertiary/aromatic N) is 1. The van der Waals surface area contributed by atoms with Crippen molar-refractivity contribution in [3.05, 3.63) is 33.9 Å². The lowest BCUT2D eigenvalue weighted by Gasteiger charge is -2.13. The van der Waals surface area contributed by atoms with E-state index in [0.29, 0.717) is 0 Å². The second kappa shape index (κ2) is 5.22. The first-order valence-corrected chi connectivity index (χ1v) is 6.96. The summed E-state index contributed by atoms with van der Waals surface area (Å²) >= 11 is 0. The summed E-state index contributed by atoms with van der Waals surface area (Å²) in [5.41, 5.74) is -0.415. The maximum absolute atomic E-state index is 11.5. The number of benzene rings is 1. The van der Waals surface area contributed by atoms with Crippen molar-refractivity contribution in [2.45, 2.75) is 12.2 Å². The fourth-order valence-electron chi connectivity index (χ4n) is 1.38. The van der Waals surface area contributed by atoms with Gasteiger partial charge in [-0.2, -0.15) is 0 Å². The molecule has 0 spiro atoms. The number of ether oxygens (including phenoxy) is 1. The van der Waals surface area contributed by atoms with E-state index in [1.54, 1.807) is 0 Å². The maximum atomic E-state index is 11.5. The van der Waals surface area contributed by atoms with Crippen molar-refractivity contribution >= 4 is 21.7 Å². The molecule has 0 fully saturated rings. The lowest BCUT2D eigenvalue weighted by atomic mass is 10.1. The minimum Gasteiger partial charge on any atom is -0.449 e. The number of hydrogen-bond donors (Lipinski definition) is 1. The van der Waals surface area contributed by atoms with Crippen molar-refractivity contribution in [1.82, 2.24) is 0 Å². The number of non-ortho nitro benzene ring substituents is 1. The number of nitro groups is 1. The molecule has 1 aromatic rings. The smallest absolute Gasteiger partial charge is 0.449 e. The van der Waals surface area contributed by atoms with E-state index in [2.05, 4.69) is 4.74 Å². The van der Waals surface area contributed by atoms with E-state index in [-0.39, 0.29) is 17.0 Å². The summed E-state index contributed by atoms with van der Waals surface area (Å²) in [6.45, 7) is 1.29. The van der Waals surface area contributed by atoms with Crippen LogP contribution >= 0.6 is 0 Å². The van der Waals surface area contributed by atoms with Gasteiger partial charge in [-0.25, -0.2) is 13.2 Å². The molecule has 1 atom stereocenters. The number of hydrogen-bond acceptors (Lipinski definition) is 6. The Kier molecular flexibility index (Phi) is 4.10. The van der Waals surface area contributed by atoms with Crippen LogP contribution in [-0.2, 0) is 9.84 Å². The van der Waals surface area contributed by atoms with Crippen molar-refractivity contribution in [2.24, 2.45) is 0 Å². The number of nitro benzene ring substituents is 1. The number of sulfone groups is 1. The molecule has 1 rings (SSSR count). The standard InChI is InChI=1S/C10H11NO7S/c1-6(19(2,16)17)8-5-7(11(14)15)3-4-9(8)18-10(12)13/h3-6H,1-2H3,(H,12,13). The van der Waals surface area contributed by atoms with Crippen LogP contribution < -0.4 is 4.74 Å². The summed E-state index contributed by atoms with van der Waals surface area (Å²) in [7, 11) is -3.55. The minimum atomic E-state index is -3.55. The first-order valence-electron chi connectivity index (χ1n) is 5.01. The van der Waals surface area contributed by atoms with Crippen molar-refractivity contribution < 1.29 is 28.0 Å². The summed E-state index contributed by atoms with van der Waals surface area (Å²) in [6.07, 6.45) is -0.683. The lowest BCUT2D eigenvalue weighted by molar-refractivity contribution is -0.384. The summed E-state index contributed by atoms with van der Waals surface area (Å²) in [5, 5.41) is 18.1. The molecule has 104 valence electrons. The Labute approximate surface area is 108 Å². The molecule has 0 saturated carbocycles. The van der Waals surface area contributed by atoms with Gasteiger partial charge in [-0.3, -0.25) is 10.1 Å². The summed E-state index contributed by atoms with van der Waals surface area (Å²) in [4.78, 5) is 20.5. The van der Waals surface area contributed by atoms with Crippen LogP contribution in [0.3, 0.4) is 0 Å². The van der Waals surface area contributed by atoms with Crippen LogP contribution in [0.25, 0.3) is 0 Å². The highest BCUT2D eigenvalue weighted by atomic mass is 32.2. The zero-order valence-corrected chi connectivity index (χ0v) is 10.9. The number of rotatable bonds is 4. The summed E-state index contributed by atoms with van der Waals surface area (Å²) in [6, 6.07) is 3.09. The van der Waals surface area contributed by atoms with Crippen LogP contribution in [0.15, 0.2) is 18.2 Å². The summed E-state index contributed by atoms with van der Waals surface area (Å²) < 4.78 is 27.4. The van der Waals surface area contributed by atoms with Crippen LogP contribution in [0.4, 0.5) is 10.5 Å². The van der Waals surface area contributed by atoms with E-state index in [1.165, 1.54) is 6.92 Å². The third kappa shape index (κ3) is 3.65. The van der Waals surface area contributed by atoms with E-state index < -0.39 is 26.2 Å². The Bertz CT molecular complexity index is 623. The van der Waals surface area contributed by atoms with Crippen LogP contribution in [0, 0.1) is 10.1 Å². The van der Waals surface area contributed by atoms with E-state index in [0.717, 1.165) is 24.5 Å². The minimum absolute atomic E-state index is 0.0703. The molecular formula is C10H11NO7S. The molecule has 0 saturated heterocycles. The Morgan fingerprint density at radius 3 is 2.47 bits per heavy atom. The normalized spacial score (nSPS) is 12.7. The highest BCUT2D eigenvalue weighted by Crippen LogP contribution is 2.33. The third-order valence-corrected chi connectivity index (χ3v) is 4.02. The zero-order chi connectivity index (χ0) is 14.8. The van der Waals surface area contributed by atoms with E-state index >= 15 is 0 Å². The molecule has 0 radical (unpaired) electrons. The first-order chi connectivity index (χ1) is 8.62. The van der Waals surface area contributed by atoms with Gasteiger partial charge in [-0.05, 0) is 13.0 Å². The van der Waals surface area contributed by atoms with Crippen molar-refractivity contribution in [3.63, 3.8) is 0 Å². The fraction of sp³-hybridized carbons (Fsp3) is 0.300. The third-order valence-electron chi connectivity index (χ3n) is 2.48. The van der Waals surface area contributed by atoms with E-state index in [4.69, 9.17) is 5.11 Å². The topological polar surface area (TPSA) is 124 Å². The SMILES string of the molecule is CC(c1cc([N+](=O)[O-])ccc1OC(=O)O)S(C)(=O)=O. The summed E-state index contributed by atoms with van der Waals surface area (Å²) in [5.74, 6) is -0.240. The van der Waals surface area contributed by atoms with Crippen molar-refractivity contribution in [1.29, 1.82) is 0 Å². The van der Waals surface area contributed by atoms with Crippen LogP contribution in [0.1, 0.15) is 17.7 Å². The van der Waals surface area contributed by atoms with Gasteiger partial charge in [0, 0.05) is 24.0 Å². The second-order valence-electron chi connectivity index (χ2n) is 3.82. The average Bonchev–Trinajstić information content (AvgIpc) is 2.26. The Morgan fingerprint density at radius 2 is 2.05 bits per heavy atom. The average molecular weight is 289 g/mol. The van der Waals surface area contributed by atoms with Gasteiger partial charge in [0.1, 0.15) is 5.75 Å². The fourth-order valence-corrected chi connectivity index (χ4v) is 2.03. The molecule has 9 heteroatoms. The predicted octanol–water partition coefficient (Wildman–Crippen LogP) is 1.76. The van der Waals surface area contributed by atoms with Gasteiger partial charge in [0.25, 0.3) is 5.69 Å². The Balaban J connectivity index is 3.41. The molecule has 0 aliphatic rings. The predicted molar refractivity (Wildman–Crippen MR) is 65.0 cm³/mol. The quantitative estimate of drug-likeness (QED) is 0.387. The molecule has 1 N–H and O–H groups in total. The highest BCUT2D eigenvalue weighted by Gasteiger charge is 2.25. The molecular weight excluding hydrogens is 278 g/mol. The van der Waals surface area contributed by atoms with Gasteiger partial charge in [-0.15, -0.1) is 0 Å². The number of carboxylic acid groups (broad SMARTS) is 1. The van der Waals surface area contributed by atoms with Gasteiger partial charge in [0.2, 0.25) is 0 Å². The maximum Gasteiger partial charge on any atom is 0.511 e. The molecule has 0 heterocycles. The molecule has 1 unspecified atom stereocenters.